The van der Waals surface area contributed by atoms with Crippen molar-refractivity contribution in [2.24, 2.45) is 0 Å². The van der Waals surface area contributed by atoms with Crippen molar-refractivity contribution >= 4 is 13.6 Å². The highest BCUT2D eigenvalue weighted by molar-refractivity contribution is 7.54. The maximum Gasteiger partial charge on any atom is 0.437 e. The maximum absolute atomic E-state index is 12.6. The van der Waals surface area contributed by atoms with Crippen LogP contribution in [-0.4, -0.2) is 32.2 Å². The Morgan fingerprint density at radius 2 is 1.76 bits per heavy atom. The quantitative estimate of drug-likeness (QED) is 0.552. The number of alkyl halides is 3. The third-order valence-electron chi connectivity index (χ3n) is 1.77. The van der Waals surface area contributed by atoms with Gasteiger partial charge in [-0.25, -0.2) is 0 Å². The molecule has 0 fully saturated rings. The van der Waals surface area contributed by atoms with Crippen molar-refractivity contribution in [2.75, 3.05) is 14.2 Å². The van der Waals surface area contributed by atoms with E-state index in [1.165, 1.54) is 0 Å². The van der Waals surface area contributed by atoms with Crippen LogP contribution in [0.5, 0.6) is 0 Å². The number of carbonyl (C=O) groups is 1. The molecule has 0 spiro atoms. The van der Waals surface area contributed by atoms with Gasteiger partial charge in [0.25, 0.3) is 5.85 Å². The monoisotopic (exact) mass is 278 g/mol. The number of ether oxygens (including phenoxy) is 1. The first-order chi connectivity index (χ1) is 7.71. The van der Waals surface area contributed by atoms with E-state index in [-0.39, 0.29) is 6.42 Å². The third-order valence-corrected chi connectivity index (χ3v) is 3.76. The standard InChI is InChI=1S/C8H14F3O5P/c1-4-5-6(12)16-7(8(9,10)11)17(13,14-2)15-3/h7H,4-5H2,1-3H3. The average molecular weight is 278 g/mol. The van der Waals surface area contributed by atoms with Gasteiger partial charge in [0.1, 0.15) is 0 Å². The molecule has 0 amide bonds. The van der Waals surface area contributed by atoms with Crippen LogP contribution in [0.3, 0.4) is 0 Å². The van der Waals surface area contributed by atoms with Crippen molar-refractivity contribution < 1.29 is 36.3 Å². The molecular weight excluding hydrogens is 264 g/mol. The molecule has 0 aromatic carbocycles. The molecular formula is C8H14F3O5P. The van der Waals surface area contributed by atoms with Crippen LogP contribution in [0.25, 0.3) is 0 Å². The Bertz CT molecular complexity index is 296. The average Bonchev–Trinajstić information content (AvgIpc) is 2.24. The van der Waals surface area contributed by atoms with Crippen molar-refractivity contribution in [2.45, 2.75) is 31.8 Å². The molecule has 0 aliphatic rings. The minimum absolute atomic E-state index is 0.208. The summed E-state index contributed by atoms with van der Waals surface area (Å²) in [5, 5.41) is 0. The normalized spacial score (nSPS) is 14.5. The fraction of sp³-hybridized carbons (Fsp3) is 0.875. The van der Waals surface area contributed by atoms with Crippen molar-refractivity contribution in [3.63, 3.8) is 0 Å². The van der Waals surface area contributed by atoms with Crippen LogP contribution in [0.1, 0.15) is 19.8 Å². The summed E-state index contributed by atoms with van der Waals surface area (Å²) in [5.41, 5.74) is 0. The SMILES string of the molecule is CCCC(=O)OC(C(F)(F)F)P(=O)(OC)OC. The molecule has 0 aliphatic carbocycles. The highest BCUT2D eigenvalue weighted by Gasteiger charge is 2.56. The summed E-state index contributed by atoms with van der Waals surface area (Å²) in [4.78, 5) is 11.0. The molecule has 0 heterocycles. The van der Waals surface area contributed by atoms with E-state index in [9.17, 15) is 22.5 Å². The minimum Gasteiger partial charge on any atom is -0.439 e. The molecule has 0 saturated carbocycles. The van der Waals surface area contributed by atoms with E-state index in [0.717, 1.165) is 14.2 Å². The van der Waals surface area contributed by atoms with Gasteiger partial charge in [0, 0.05) is 20.6 Å². The molecule has 102 valence electrons. The fourth-order valence-electron chi connectivity index (χ4n) is 0.964. The molecule has 0 aromatic rings. The van der Waals surface area contributed by atoms with Crippen LogP contribution in [0.4, 0.5) is 13.2 Å². The molecule has 17 heavy (non-hydrogen) atoms. The number of esters is 1. The van der Waals surface area contributed by atoms with E-state index in [4.69, 9.17) is 0 Å². The lowest BCUT2D eigenvalue weighted by Crippen LogP contribution is -2.34. The zero-order chi connectivity index (χ0) is 13.7. The molecule has 1 unspecified atom stereocenters. The van der Waals surface area contributed by atoms with Gasteiger partial charge in [0.05, 0.1) is 0 Å². The number of rotatable bonds is 6. The molecule has 0 bridgehead atoms. The number of hydrogen-bond acceptors (Lipinski definition) is 5. The van der Waals surface area contributed by atoms with Gasteiger partial charge < -0.3 is 13.8 Å². The van der Waals surface area contributed by atoms with Gasteiger partial charge in [-0.05, 0) is 6.42 Å². The Morgan fingerprint density at radius 3 is 2.06 bits per heavy atom. The predicted octanol–water partition coefficient (Wildman–Crippen LogP) is 2.70. The second-order valence-electron chi connectivity index (χ2n) is 3.04. The van der Waals surface area contributed by atoms with Crippen LogP contribution in [0.15, 0.2) is 0 Å². The van der Waals surface area contributed by atoms with Gasteiger partial charge in [-0.3, -0.25) is 9.36 Å². The Morgan fingerprint density at radius 1 is 1.29 bits per heavy atom. The van der Waals surface area contributed by atoms with E-state index in [1.807, 2.05) is 0 Å². The molecule has 0 N–H and O–H groups in total. The summed E-state index contributed by atoms with van der Waals surface area (Å²) >= 11 is 0. The number of hydrogen-bond donors (Lipinski definition) is 0. The Kier molecular flexibility index (Phi) is 6.15. The molecule has 1 atom stereocenters. The number of halogens is 3. The third kappa shape index (κ3) is 4.65. The van der Waals surface area contributed by atoms with Crippen molar-refractivity contribution in [1.82, 2.24) is 0 Å². The fourth-order valence-corrected chi connectivity index (χ4v) is 2.10. The van der Waals surface area contributed by atoms with Gasteiger partial charge in [0.15, 0.2) is 0 Å². The molecule has 9 heteroatoms. The van der Waals surface area contributed by atoms with E-state index < -0.39 is 25.6 Å². The summed E-state index contributed by atoms with van der Waals surface area (Å²) in [5.74, 6) is -4.01. The summed E-state index contributed by atoms with van der Waals surface area (Å²) in [6.07, 6.45) is -4.92. The first-order valence-corrected chi connectivity index (χ1v) is 6.29. The van der Waals surface area contributed by atoms with E-state index >= 15 is 0 Å². The van der Waals surface area contributed by atoms with Crippen molar-refractivity contribution in [3.8, 4) is 0 Å². The number of carbonyl (C=O) groups excluding carboxylic acids is 1. The van der Waals surface area contributed by atoms with Crippen molar-refractivity contribution in [1.29, 1.82) is 0 Å². The molecule has 0 radical (unpaired) electrons. The van der Waals surface area contributed by atoms with Crippen LogP contribution >= 0.6 is 7.60 Å². The molecule has 0 aromatic heterocycles. The van der Waals surface area contributed by atoms with E-state index in [1.54, 1.807) is 6.92 Å². The van der Waals surface area contributed by atoms with Crippen LogP contribution in [0, 0.1) is 0 Å². The second kappa shape index (κ2) is 6.37. The van der Waals surface area contributed by atoms with Crippen LogP contribution < -0.4 is 0 Å². The Balaban J connectivity index is 5.03. The summed E-state index contributed by atoms with van der Waals surface area (Å²) in [7, 11) is -2.98. The smallest absolute Gasteiger partial charge is 0.437 e. The minimum atomic E-state index is -5.02. The molecule has 0 aliphatic heterocycles. The van der Waals surface area contributed by atoms with Crippen molar-refractivity contribution in [3.05, 3.63) is 0 Å². The van der Waals surface area contributed by atoms with Crippen LogP contribution in [-0.2, 0) is 23.1 Å². The molecule has 0 rings (SSSR count). The maximum atomic E-state index is 12.6. The van der Waals surface area contributed by atoms with Gasteiger partial charge in [-0.15, -0.1) is 0 Å². The lowest BCUT2D eigenvalue weighted by atomic mass is 10.3. The van der Waals surface area contributed by atoms with Gasteiger partial charge in [0.2, 0.25) is 0 Å². The summed E-state index contributed by atoms with van der Waals surface area (Å²) in [6.45, 7) is 1.59. The highest BCUT2D eigenvalue weighted by Crippen LogP contribution is 2.57. The summed E-state index contributed by atoms with van der Waals surface area (Å²) < 4.78 is 61.8. The zero-order valence-corrected chi connectivity index (χ0v) is 10.5. The van der Waals surface area contributed by atoms with Crippen LogP contribution in [0.2, 0.25) is 0 Å². The lowest BCUT2D eigenvalue weighted by Gasteiger charge is -2.25. The molecule has 0 saturated heterocycles. The van der Waals surface area contributed by atoms with Gasteiger partial charge in [-0.2, -0.15) is 13.2 Å². The lowest BCUT2D eigenvalue weighted by molar-refractivity contribution is -0.203. The second-order valence-corrected chi connectivity index (χ2v) is 5.32. The van der Waals surface area contributed by atoms with E-state index in [0.29, 0.717) is 6.42 Å². The highest BCUT2D eigenvalue weighted by atomic mass is 31.2. The largest absolute Gasteiger partial charge is 0.439 e. The van der Waals surface area contributed by atoms with Gasteiger partial charge >= 0.3 is 19.7 Å². The van der Waals surface area contributed by atoms with E-state index in [2.05, 4.69) is 13.8 Å². The Hall–Kier alpha value is -0.590. The van der Waals surface area contributed by atoms with Gasteiger partial charge in [-0.1, -0.05) is 6.92 Å². The zero-order valence-electron chi connectivity index (χ0n) is 9.61. The first kappa shape index (κ1) is 16.4. The topological polar surface area (TPSA) is 61.8 Å². The Labute approximate surface area is 96.8 Å². The first-order valence-electron chi connectivity index (χ1n) is 4.68. The molecule has 5 nitrogen and oxygen atoms in total. The summed E-state index contributed by atoms with van der Waals surface area (Å²) in [6, 6.07) is 0. The predicted molar refractivity (Wildman–Crippen MR) is 52.5 cm³/mol.